The van der Waals surface area contributed by atoms with Crippen LogP contribution in [0.15, 0.2) is 18.2 Å². The summed E-state index contributed by atoms with van der Waals surface area (Å²) in [5.74, 6) is 1.26. The molecule has 17 heavy (non-hydrogen) atoms. The van der Waals surface area contributed by atoms with Crippen molar-refractivity contribution in [2.75, 3.05) is 13.0 Å². The first-order valence-corrected chi connectivity index (χ1v) is 6.54. The first-order chi connectivity index (χ1) is 8.19. The first-order valence-electron chi connectivity index (χ1n) is 6.00. The Hall–Kier alpha value is -0.800. The molecule has 0 bridgehead atoms. The minimum absolute atomic E-state index is 0.00626. The molecule has 96 valence electrons. The summed E-state index contributed by atoms with van der Waals surface area (Å²) >= 11 is 6.04. The van der Waals surface area contributed by atoms with Gasteiger partial charge < -0.3 is 10.1 Å². The Morgan fingerprint density at radius 2 is 2.06 bits per heavy atom. The van der Waals surface area contributed by atoms with E-state index in [0.29, 0.717) is 18.3 Å². The van der Waals surface area contributed by atoms with Gasteiger partial charge in [-0.05, 0) is 18.9 Å². The zero-order valence-corrected chi connectivity index (χ0v) is 11.5. The van der Waals surface area contributed by atoms with Crippen LogP contribution in [0, 0.1) is 0 Å². The summed E-state index contributed by atoms with van der Waals surface area (Å²) in [5.41, 5.74) is 0.979. The number of nitrogens with one attached hydrogen (secondary N) is 1. The Bertz CT molecular complexity index is 332. The summed E-state index contributed by atoms with van der Waals surface area (Å²) in [4.78, 5) is 4.37. The fourth-order valence-electron chi connectivity index (χ4n) is 1.68. The second-order valence-electron chi connectivity index (χ2n) is 4.15. The maximum Gasteiger partial charge on any atom is 0.213 e. The summed E-state index contributed by atoms with van der Waals surface area (Å²) in [6.45, 7) is 5.02. The van der Waals surface area contributed by atoms with Crippen molar-refractivity contribution in [1.29, 1.82) is 0 Å². The molecular formula is C13H21ClN2O. The van der Waals surface area contributed by atoms with Crippen LogP contribution in [0.25, 0.3) is 0 Å². The van der Waals surface area contributed by atoms with Crippen molar-refractivity contribution in [1.82, 2.24) is 10.3 Å². The van der Waals surface area contributed by atoms with E-state index in [4.69, 9.17) is 16.3 Å². The van der Waals surface area contributed by atoms with Gasteiger partial charge in [0.05, 0.1) is 12.8 Å². The minimum Gasteiger partial charge on any atom is -0.481 e. The van der Waals surface area contributed by atoms with E-state index in [1.807, 2.05) is 18.2 Å². The zero-order chi connectivity index (χ0) is 12.7. The standard InChI is InChI=1S/C13H21ClN2O/c1-4-13(5-2,10-14)15-9-11-7-6-8-12(16-11)17-3/h6-8,15H,4-5,9-10H2,1-3H3. The third-order valence-corrected chi connectivity index (χ3v) is 3.76. The smallest absolute Gasteiger partial charge is 0.213 e. The molecule has 1 N–H and O–H groups in total. The number of rotatable bonds is 7. The molecule has 0 fully saturated rings. The van der Waals surface area contributed by atoms with E-state index in [1.165, 1.54) is 0 Å². The van der Waals surface area contributed by atoms with E-state index in [9.17, 15) is 0 Å². The Kier molecular flexibility index (Phi) is 5.72. The molecular weight excluding hydrogens is 236 g/mol. The van der Waals surface area contributed by atoms with Gasteiger partial charge in [-0.25, -0.2) is 4.98 Å². The lowest BCUT2D eigenvalue weighted by atomic mass is 9.95. The average molecular weight is 257 g/mol. The minimum atomic E-state index is 0.00626. The maximum absolute atomic E-state index is 6.04. The van der Waals surface area contributed by atoms with E-state index in [-0.39, 0.29) is 5.54 Å². The molecule has 1 rings (SSSR count). The molecule has 1 aromatic heterocycles. The highest BCUT2D eigenvalue weighted by molar-refractivity contribution is 6.18. The van der Waals surface area contributed by atoms with E-state index in [1.54, 1.807) is 7.11 Å². The van der Waals surface area contributed by atoms with Crippen LogP contribution in [0.2, 0.25) is 0 Å². The Morgan fingerprint density at radius 3 is 2.59 bits per heavy atom. The van der Waals surface area contributed by atoms with Crippen LogP contribution in [0.5, 0.6) is 5.88 Å². The van der Waals surface area contributed by atoms with Crippen molar-refractivity contribution in [3.05, 3.63) is 23.9 Å². The highest BCUT2D eigenvalue weighted by Gasteiger charge is 2.24. The largest absolute Gasteiger partial charge is 0.481 e. The SMILES string of the molecule is CCC(CC)(CCl)NCc1cccc(OC)n1. The van der Waals surface area contributed by atoms with Crippen LogP contribution < -0.4 is 10.1 Å². The van der Waals surface area contributed by atoms with Crippen molar-refractivity contribution in [3.8, 4) is 5.88 Å². The summed E-state index contributed by atoms with van der Waals surface area (Å²) in [5, 5.41) is 3.50. The van der Waals surface area contributed by atoms with E-state index in [0.717, 1.165) is 18.5 Å². The molecule has 0 unspecified atom stereocenters. The van der Waals surface area contributed by atoms with Crippen LogP contribution >= 0.6 is 11.6 Å². The molecule has 0 aliphatic heterocycles. The number of halogens is 1. The van der Waals surface area contributed by atoms with Gasteiger partial charge in [0.2, 0.25) is 5.88 Å². The third kappa shape index (κ3) is 3.86. The number of methoxy groups -OCH3 is 1. The van der Waals surface area contributed by atoms with Gasteiger partial charge in [0.25, 0.3) is 0 Å². The maximum atomic E-state index is 6.04. The highest BCUT2D eigenvalue weighted by atomic mass is 35.5. The van der Waals surface area contributed by atoms with Crippen LogP contribution in [-0.2, 0) is 6.54 Å². The predicted molar refractivity (Wildman–Crippen MR) is 71.7 cm³/mol. The molecule has 0 aliphatic carbocycles. The van der Waals surface area contributed by atoms with E-state index >= 15 is 0 Å². The normalized spacial score (nSPS) is 11.5. The van der Waals surface area contributed by atoms with Crippen LogP contribution in [0.4, 0.5) is 0 Å². The lowest BCUT2D eigenvalue weighted by molar-refractivity contribution is 0.331. The summed E-state index contributed by atoms with van der Waals surface area (Å²) < 4.78 is 5.10. The Labute approximate surface area is 109 Å². The topological polar surface area (TPSA) is 34.1 Å². The molecule has 0 atom stereocenters. The van der Waals surface area contributed by atoms with Gasteiger partial charge in [-0.2, -0.15) is 0 Å². The van der Waals surface area contributed by atoms with Crippen molar-refractivity contribution in [2.24, 2.45) is 0 Å². The van der Waals surface area contributed by atoms with Gasteiger partial charge in [0.1, 0.15) is 0 Å². The molecule has 0 amide bonds. The van der Waals surface area contributed by atoms with Gasteiger partial charge in [-0.3, -0.25) is 0 Å². The van der Waals surface area contributed by atoms with Crippen LogP contribution in [-0.4, -0.2) is 23.5 Å². The monoisotopic (exact) mass is 256 g/mol. The van der Waals surface area contributed by atoms with Crippen LogP contribution in [0.3, 0.4) is 0 Å². The Morgan fingerprint density at radius 1 is 1.35 bits per heavy atom. The van der Waals surface area contributed by atoms with Gasteiger partial charge in [0.15, 0.2) is 0 Å². The van der Waals surface area contributed by atoms with E-state index < -0.39 is 0 Å². The molecule has 1 heterocycles. The molecule has 4 heteroatoms. The summed E-state index contributed by atoms with van der Waals surface area (Å²) in [7, 11) is 1.63. The van der Waals surface area contributed by atoms with Crippen molar-refractivity contribution in [2.45, 2.75) is 38.8 Å². The Balaban J connectivity index is 2.65. The number of aromatic nitrogens is 1. The average Bonchev–Trinajstić information content (AvgIpc) is 2.41. The molecule has 0 spiro atoms. The number of alkyl halides is 1. The molecule has 0 aromatic carbocycles. The lowest BCUT2D eigenvalue weighted by Crippen LogP contribution is -2.45. The van der Waals surface area contributed by atoms with E-state index in [2.05, 4.69) is 24.1 Å². The summed E-state index contributed by atoms with van der Waals surface area (Å²) in [6, 6.07) is 5.78. The number of pyridine rings is 1. The van der Waals surface area contributed by atoms with Crippen molar-refractivity contribution < 1.29 is 4.74 Å². The number of ether oxygens (including phenoxy) is 1. The fraction of sp³-hybridized carbons (Fsp3) is 0.615. The number of hydrogen-bond acceptors (Lipinski definition) is 3. The van der Waals surface area contributed by atoms with Gasteiger partial charge in [-0.1, -0.05) is 19.9 Å². The third-order valence-electron chi connectivity index (χ3n) is 3.24. The summed E-state index contributed by atoms with van der Waals surface area (Å²) in [6.07, 6.45) is 2.02. The molecule has 0 radical (unpaired) electrons. The van der Waals surface area contributed by atoms with Crippen molar-refractivity contribution >= 4 is 11.6 Å². The van der Waals surface area contributed by atoms with Gasteiger partial charge in [-0.15, -0.1) is 11.6 Å². The molecule has 0 aliphatic rings. The quantitative estimate of drug-likeness (QED) is 0.762. The van der Waals surface area contributed by atoms with Crippen molar-refractivity contribution in [3.63, 3.8) is 0 Å². The number of hydrogen-bond donors (Lipinski definition) is 1. The predicted octanol–water partition coefficient (Wildman–Crippen LogP) is 2.98. The molecule has 0 saturated carbocycles. The second kappa shape index (κ2) is 6.82. The highest BCUT2D eigenvalue weighted by Crippen LogP contribution is 2.18. The first kappa shape index (κ1) is 14.3. The zero-order valence-electron chi connectivity index (χ0n) is 10.8. The lowest BCUT2D eigenvalue weighted by Gasteiger charge is -2.30. The van der Waals surface area contributed by atoms with Gasteiger partial charge >= 0.3 is 0 Å². The molecule has 0 saturated heterocycles. The second-order valence-corrected chi connectivity index (χ2v) is 4.41. The van der Waals surface area contributed by atoms with Crippen LogP contribution in [0.1, 0.15) is 32.4 Å². The van der Waals surface area contributed by atoms with Gasteiger partial charge in [0, 0.05) is 24.0 Å². The molecule has 1 aromatic rings. The number of nitrogens with zero attached hydrogens (tertiary/aromatic N) is 1. The fourth-order valence-corrected chi connectivity index (χ4v) is 2.16. The molecule has 3 nitrogen and oxygen atoms in total.